The van der Waals surface area contributed by atoms with Crippen molar-refractivity contribution >= 4 is 49.6 Å². The number of furan rings is 1. The maximum atomic E-state index is 13.8. The molecule has 0 amide bonds. The minimum atomic E-state index is -3.61. The van der Waals surface area contributed by atoms with E-state index in [9.17, 15) is 17.6 Å². The molecule has 3 heterocycles. The molecule has 0 N–H and O–H groups in total. The highest BCUT2D eigenvalue weighted by Crippen LogP contribution is 2.42. The summed E-state index contributed by atoms with van der Waals surface area (Å²) in [5.41, 5.74) is 5.05. The van der Waals surface area contributed by atoms with Crippen molar-refractivity contribution in [1.29, 1.82) is 0 Å². The Morgan fingerprint density at radius 1 is 1.10 bits per heavy atom. The molecule has 0 aliphatic carbocycles. The van der Waals surface area contributed by atoms with Gasteiger partial charge in [-0.2, -0.15) is 4.98 Å². The lowest BCUT2D eigenvalue weighted by Gasteiger charge is -2.34. The summed E-state index contributed by atoms with van der Waals surface area (Å²) >= 11 is 0. The predicted octanol–water partition coefficient (Wildman–Crippen LogP) is 7.06. The summed E-state index contributed by atoms with van der Waals surface area (Å²) in [5.74, 6) is -0.0611. The van der Waals surface area contributed by atoms with Crippen molar-refractivity contribution in [2.75, 3.05) is 35.6 Å². The van der Waals surface area contributed by atoms with E-state index in [0.717, 1.165) is 35.8 Å². The van der Waals surface area contributed by atoms with E-state index in [1.807, 2.05) is 49.1 Å². The number of rotatable bonds is 7. The minimum Gasteiger partial charge on any atom is -0.455 e. The van der Waals surface area contributed by atoms with E-state index >= 15 is 0 Å². The number of benzene rings is 3. The third kappa shape index (κ3) is 5.04. The highest BCUT2D eigenvalue weighted by atomic mass is 32.2. The molecule has 5 aromatic rings. The number of hydrogen-bond acceptors (Lipinski definition) is 7. The quantitative estimate of drug-likeness (QED) is 0.188. The van der Waals surface area contributed by atoms with E-state index in [4.69, 9.17) is 8.83 Å². The van der Waals surface area contributed by atoms with Crippen LogP contribution in [0.1, 0.15) is 53.6 Å². The number of sulfonamides is 1. The van der Waals surface area contributed by atoms with Gasteiger partial charge in [0.1, 0.15) is 22.7 Å². The van der Waals surface area contributed by atoms with Crippen molar-refractivity contribution in [2.24, 2.45) is 0 Å². The van der Waals surface area contributed by atoms with E-state index in [1.54, 1.807) is 12.1 Å². The Morgan fingerprint density at radius 2 is 1.86 bits per heavy atom. The van der Waals surface area contributed by atoms with E-state index < -0.39 is 10.0 Å². The number of Topliss-reactive ketones (excluding diaryl/α,β-unsaturated/α-hetero) is 1. The summed E-state index contributed by atoms with van der Waals surface area (Å²) < 4.78 is 52.9. The van der Waals surface area contributed by atoms with Crippen LogP contribution in [0.2, 0.25) is 0 Å². The Balaban J connectivity index is 1.49. The fourth-order valence-electron chi connectivity index (χ4n) is 5.72. The van der Waals surface area contributed by atoms with Gasteiger partial charge in [-0.05, 0) is 43.5 Å². The number of fused-ring (bicyclic) bond motifs is 2. The molecule has 0 saturated carbocycles. The van der Waals surface area contributed by atoms with Crippen LogP contribution in [0.15, 0.2) is 63.4 Å². The SMILES string of the molecule is CCC(=O)c1c(-c2ccc(C)cc2)oc2cc(N(C)S(C)(=O)=O)c([C@@H]3CCCN(c4nc5cc(F)ccc5o4)C3)cc12. The molecular formula is C32H32FN3O5S. The lowest BCUT2D eigenvalue weighted by molar-refractivity contribution is 0.0989. The van der Waals surface area contributed by atoms with Gasteiger partial charge in [-0.3, -0.25) is 9.10 Å². The zero-order chi connectivity index (χ0) is 29.8. The number of oxazole rings is 1. The van der Waals surface area contributed by atoms with Crippen LogP contribution in [-0.2, 0) is 10.0 Å². The number of aryl methyl sites for hydroxylation is 1. The minimum absolute atomic E-state index is 0.0523. The Kier molecular flexibility index (Phi) is 7.04. The molecule has 42 heavy (non-hydrogen) atoms. The Hall–Kier alpha value is -4.18. The molecule has 0 bridgehead atoms. The van der Waals surface area contributed by atoms with Crippen LogP contribution in [0.3, 0.4) is 0 Å². The van der Waals surface area contributed by atoms with Crippen LogP contribution >= 0.6 is 0 Å². The van der Waals surface area contributed by atoms with Gasteiger partial charge in [-0.15, -0.1) is 0 Å². The smallest absolute Gasteiger partial charge is 0.298 e. The van der Waals surface area contributed by atoms with Gasteiger partial charge < -0.3 is 13.7 Å². The summed E-state index contributed by atoms with van der Waals surface area (Å²) in [5, 5.41) is 0.660. The fraction of sp³-hybridized carbons (Fsp3) is 0.312. The molecule has 10 heteroatoms. The first-order valence-corrected chi connectivity index (χ1v) is 15.8. The second kappa shape index (κ2) is 10.6. The maximum Gasteiger partial charge on any atom is 0.298 e. The number of hydrogen-bond donors (Lipinski definition) is 0. The topological polar surface area (TPSA) is 96.9 Å². The number of ketones is 1. The van der Waals surface area contributed by atoms with Crippen molar-refractivity contribution in [1.82, 2.24) is 4.98 Å². The van der Waals surface area contributed by atoms with Gasteiger partial charge >= 0.3 is 0 Å². The molecule has 1 aliphatic heterocycles. The highest BCUT2D eigenvalue weighted by molar-refractivity contribution is 7.92. The third-order valence-corrected chi connectivity index (χ3v) is 9.25. The fourth-order valence-corrected chi connectivity index (χ4v) is 6.23. The zero-order valence-corrected chi connectivity index (χ0v) is 24.8. The molecule has 218 valence electrons. The number of aromatic nitrogens is 1. The van der Waals surface area contributed by atoms with Crippen molar-refractivity contribution in [3.63, 3.8) is 0 Å². The van der Waals surface area contributed by atoms with Crippen molar-refractivity contribution in [3.8, 4) is 11.3 Å². The van der Waals surface area contributed by atoms with Gasteiger partial charge in [0.2, 0.25) is 10.0 Å². The molecule has 3 aromatic carbocycles. The van der Waals surface area contributed by atoms with Gasteiger partial charge in [-0.25, -0.2) is 12.8 Å². The Labute approximate surface area is 243 Å². The molecule has 0 unspecified atom stereocenters. The number of piperidine rings is 1. The molecule has 2 aromatic heterocycles. The largest absolute Gasteiger partial charge is 0.455 e. The first-order chi connectivity index (χ1) is 20.0. The highest BCUT2D eigenvalue weighted by Gasteiger charge is 2.31. The second-order valence-corrected chi connectivity index (χ2v) is 13.0. The normalized spacial score (nSPS) is 15.9. The molecule has 8 nitrogen and oxygen atoms in total. The molecule has 1 aliphatic rings. The van der Waals surface area contributed by atoms with Crippen LogP contribution in [-0.4, -0.2) is 45.6 Å². The molecular weight excluding hydrogens is 557 g/mol. The van der Waals surface area contributed by atoms with E-state index in [2.05, 4.69) is 4.98 Å². The Bertz CT molecular complexity index is 1930. The van der Waals surface area contributed by atoms with E-state index in [0.29, 0.717) is 64.6 Å². The summed E-state index contributed by atoms with van der Waals surface area (Å²) in [6, 6.07) is 16.1. The molecule has 0 spiro atoms. The van der Waals surface area contributed by atoms with Gasteiger partial charge in [0, 0.05) is 55.6 Å². The van der Waals surface area contributed by atoms with E-state index in [1.165, 1.54) is 23.5 Å². The van der Waals surface area contributed by atoms with Crippen LogP contribution in [0.4, 0.5) is 16.1 Å². The van der Waals surface area contributed by atoms with Gasteiger partial charge in [-0.1, -0.05) is 36.8 Å². The molecule has 0 radical (unpaired) electrons. The lowest BCUT2D eigenvalue weighted by Crippen LogP contribution is -2.35. The van der Waals surface area contributed by atoms with Crippen molar-refractivity contribution < 1.29 is 26.4 Å². The molecule has 1 fully saturated rings. The standard InChI is InChI=1S/C32H32FN3O5S/c1-5-27(37)30-24-16-23(21-7-6-14-36(18-21)32-34-25-15-22(33)12-13-28(25)41-32)26(35(3)42(4,38)39)17-29(24)40-31(30)20-10-8-19(2)9-11-20/h8-13,15-17,21H,5-7,14,18H2,1-4H3/t21-/m1/s1. The Morgan fingerprint density at radius 3 is 2.57 bits per heavy atom. The zero-order valence-electron chi connectivity index (χ0n) is 24.0. The average molecular weight is 590 g/mol. The summed E-state index contributed by atoms with van der Waals surface area (Å²) in [4.78, 5) is 19.9. The number of nitrogens with zero attached hydrogens (tertiary/aromatic N) is 3. The van der Waals surface area contributed by atoms with Crippen molar-refractivity contribution in [2.45, 2.75) is 39.0 Å². The number of anilines is 2. The summed E-state index contributed by atoms with van der Waals surface area (Å²) in [6.45, 7) is 5.00. The number of carbonyl (C=O) groups is 1. The van der Waals surface area contributed by atoms with Crippen LogP contribution in [0.25, 0.3) is 33.4 Å². The van der Waals surface area contributed by atoms with Crippen LogP contribution in [0.5, 0.6) is 0 Å². The number of carbonyl (C=O) groups excluding carboxylic acids is 1. The van der Waals surface area contributed by atoms with Gasteiger partial charge in [0.05, 0.1) is 17.5 Å². The molecule has 1 saturated heterocycles. The maximum absolute atomic E-state index is 13.8. The van der Waals surface area contributed by atoms with Gasteiger partial charge in [0.15, 0.2) is 11.4 Å². The van der Waals surface area contributed by atoms with Crippen LogP contribution < -0.4 is 9.21 Å². The van der Waals surface area contributed by atoms with Crippen LogP contribution in [0, 0.1) is 12.7 Å². The first-order valence-electron chi connectivity index (χ1n) is 14.0. The summed E-state index contributed by atoms with van der Waals surface area (Å²) in [6.07, 6.45) is 3.06. The summed E-state index contributed by atoms with van der Waals surface area (Å²) in [7, 11) is -2.08. The molecule has 6 rings (SSSR count). The average Bonchev–Trinajstić information content (AvgIpc) is 3.56. The first kappa shape index (κ1) is 28.0. The molecule has 1 atom stereocenters. The predicted molar refractivity (Wildman–Crippen MR) is 162 cm³/mol. The van der Waals surface area contributed by atoms with Gasteiger partial charge in [0.25, 0.3) is 6.01 Å². The van der Waals surface area contributed by atoms with Crippen molar-refractivity contribution in [3.05, 3.63) is 77.1 Å². The number of halogens is 1. The lowest BCUT2D eigenvalue weighted by atomic mass is 9.88. The van der Waals surface area contributed by atoms with E-state index in [-0.39, 0.29) is 17.5 Å². The third-order valence-electron chi connectivity index (χ3n) is 8.06. The monoisotopic (exact) mass is 589 g/mol. The second-order valence-electron chi connectivity index (χ2n) is 11.0.